The topological polar surface area (TPSA) is 73.2 Å². The van der Waals surface area contributed by atoms with Gasteiger partial charge in [-0.3, -0.25) is 9.69 Å². The molecule has 2 fully saturated rings. The third-order valence-electron chi connectivity index (χ3n) is 6.20. The molecule has 7 heteroatoms. The molecule has 1 atom stereocenters. The summed E-state index contributed by atoms with van der Waals surface area (Å²) in [6.45, 7) is 3.41. The van der Waals surface area contributed by atoms with E-state index in [2.05, 4.69) is 16.3 Å². The van der Waals surface area contributed by atoms with E-state index in [0.29, 0.717) is 12.3 Å². The van der Waals surface area contributed by atoms with Crippen molar-refractivity contribution in [1.29, 1.82) is 0 Å². The Labute approximate surface area is 177 Å². The molecule has 2 aliphatic rings. The van der Waals surface area contributed by atoms with Crippen LogP contribution < -0.4 is 14.8 Å². The first kappa shape index (κ1) is 20.8. The highest BCUT2D eigenvalue weighted by Crippen LogP contribution is 2.39. The third kappa shape index (κ3) is 4.63. The van der Waals surface area contributed by atoms with E-state index in [4.69, 9.17) is 18.6 Å². The van der Waals surface area contributed by atoms with E-state index < -0.39 is 0 Å². The van der Waals surface area contributed by atoms with Crippen LogP contribution in [0.4, 0.5) is 0 Å². The van der Waals surface area contributed by atoms with Crippen LogP contribution in [0.3, 0.4) is 0 Å². The summed E-state index contributed by atoms with van der Waals surface area (Å²) in [5.74, 6) is 1.67. The standard InChI is InChI=1S/C23H30N2O5/c1-27-19-6-5-17(14-21(19)28-2)16-25-11-9-23(10-12-25)8-7-18(30-23)15-24-22(26)20-4-3-13-29-20/h3-6,13-14,18H,7-12,15-16H2,1-2H3,(H,24,26). The van der Waals surface area contributed by atoms with Gasteiger partial charge in [-0.1, -0.05) is 6.07 Å². The van der Waals surface area contributed by atoms with Gasteiger partial charge in [-0.2, -0.15) is 0 Å². The minimum atomic E-state index is -0.186. The van der Waals surface area contributed by atoms with Gasteiger partial charge >= 0.3 is 0 Å². The Morgan fingerprint density at radius 3 is 2.67 bits per heavy atom. The fourth-order valence-corrected chi connectivity index (χ4v) is 4.46. The number of amides is 1. The molecular formula is C23H30N2O5. The molecule has 3 heterocycles. The first-order valence-corrected chi connectivity index (χ1v) is 10.5. The molecule has 0 radical (unpaired) electrons. The van der Waals surface area contributed by atoms with Crippen molar-refractivity contribution in [2.45, 2.75) is 43.9 Å². The second-order valence-corrected chi connectivity index (χ2v) is 8.11. The number of hydrogen-bond donors (Lipinski definition) is 1. The monoisotopic (exact) mass is 414 g/mol. The largest absolute Gasteiger partial charge is 0.493 e. The number of carbonyl (C=O) groups is 1. The quantitative estimate of drug-likeness (QED) is 0.750. The zero-order valence-electron chi connectivity index (χ0n) is 17.7. The first-order chi connectivity index (χ1) is 14.6. The molecule has 2 aliphatic heterocycles. The zero-order chi connectivity index (χ0) is 21.0. The smallest absolute Gasteiger partial charge is 0.287 e. The SMILES string of the molecule is COc1ccc(CN2CCC3(CCC(CNC(=O)c4ccco4)O3)CC2)cc1OC. The van der Waals surface area contributed by atoms with Crippen molar-refractivity contribution >= 4 is 5.91 Å². The van der Waals surface area contributed by atoms with Crippen LogP contribution in [-0.4, -0.2) is 56.4 Å². The van der Waals surface area contributed by atoms with Crippen molar-refractivity contribution in [3.05, 3.63) is 47.9 Å². The number of benzene rings is 1. The Balaban J connectivity index is 1.25. The maximum atomic E-state index is 12.0. The van der Waals surface area contributed by atoms with E-state index in [9.17, 15) is 4.79 Å². The molecule has 1 aromatic carbocycles. The second-order valence-electron chi connectivity index (χ2n) is 8.11. The lowest BCUT2D eigenvalue weighted by molar-refractivity contribution is -0.0764. The summed E-state index contributed by atoms with van der Waals surface area (Å²) in [4.78, 5) is 14.5. The molecule has 0 aliphatic carbocycles. The number of rotatable bonds is 7. The lowest BCUT2D eigenvalue weighted by Gasteiger charge is -2.39. The average Bonchev–Trinajstić information content (AvgIpc) is 3.45. The van der Waals surface area contributed by atoms with Crippen molar-refractivity contribution in [3.8, 4) is 11.5 Å². The van der Waals surface area contributed by atoms with Crippen molar-refractivity contribution in [3.63, 3.8) is 0 Å². The van der Waals surface area contributed by atoms with Crippen molar-refractivity contribution in [2.24, 2.45) is 0 Å². The Kier molecular flexibility index (Phi) is 6.29. The van der Waals surface area contributed by atoms with Crippen LogP contribution in [0.5, 0.6) is 11.5 Å². The molecule has 1 aromatic heterocycles. The third-order valence-corrected chi connectivity index (χ3v) is 6.20. The summed E-state index contributed by atoms with van der Waals surface area (Å²) in [5, 5.41) is 2.92. The molecule has 0 saturated carbocycles. The van der Waals surface area contributed by atoms with Gasteiger partial charge in [-0.25, -0.2) is 0 Å². The van der Waals surface area contributed by atoms with E-state index in [0.717, 1.165) is 56.8 Å². The van der Waals surface area contributed by atoms with Gasteiger partial charge in [0, 0.05) is 26.2 Å². The first-order valence-electron chi connectivity index (χ1n) is 10.5. The van der Waals surface area contributed by atoms with Gasteiger partial charge in [0.1, 0.15) is 0 Å². The number of likely N-dealkylation sites (tertiary alicyclic amines) is 1. The molecule has 162 valence electrons. The Bertz CT molecular complexity index is 843. The number of nitrogens with zero attached hydrogens (tertiary/aromatic N) is 1. The predicted molar refractivity (Wildman–Crippen MR) is 112 cm³/mol. The normalized spacial score (nSPS) is 20.9. The van der Waals surface area contributed by atoms with Gasteiger partial charge in [0.2, 0.25) is 0 Å². The van der Waals surface area contributed by atoms with Gasteiger partial charge in [-0.05, 0) is 55.5 Å². The second kappa shape index (κ2) is 9.10. The van der Waals surface area contributed by atoms with Gasteiger partial charge in [0.25, 0.3) is 5.91 Å². The number of nitrogens with one attached hydrogen (secondary N) is 1. The summed E-state index contributed by atoms with van der Waals surface area (Å²) in [5.41, 5.74) is 1.17. The summed E-state index contributed by atoms with van der Waals surface area (Å²) in [7, 11) is 3.32. The molecule has 2 aromatic rings. The lowest BCUT2D eigenvalue weighted by Crippen LogP contribution is -2.44. The molecule has 0 bridgehead atoms. The number of ether oxygens (including phenoxy) is 3. The van der Waals surface area contributed by atoms with Gasteiger partial charge in [0.15, 0.2) is 17.3 Å². The fraction of sp³-hybridized carbons (Fsp3) is 0.522. The van der Waals surface area contributed by atoms with E-state index in [1.54, 1.807) is 26.4 Å². The summed E-state index contributed by atoms with van der Waals surface area (Å²) >= 11 is 0. The molecule has 1 N–H and O–H groups in total. The zero-order valence-corrected chi connectivity index (χ0v) is 17.7. The minimum absolute atomic E-state index is 0.0474. The molecule has 30 heavy (non-hydrogen) atoms. The van der Waals surface area contributed by atoms with Gasteiger partial charge in [-0.15, -0.1) is 0 Å². The fourth-order valence-electron chi connectivity index (χ4n) is 4.46. The van der Waals surface area contributed by atoms with Crippen LogP contribution in [0.15, 0.2) is 41.0 Å². The maximum absolute atomic E-state index is 12.0. The van der Waals surface area contributed by atoms with Gasteiger partial charge < -0.3 is 23.9 Å². The Morgan fingerprint density at radius 2 is 1.97 bits per heavy atom. The van der Waals surface area contributed by atoms with Crippen LogP contribution in [0.2, 0.25) is 0 Å². The minimum Gasteiger partial charge on any atom is -0.493 e. The Morgan fingerprint density at radius 1 is 1.17 bits per heavy atom. The van der Waals surface area contributed by atoms with Gasteiger partial charge in [0.05, 0.1) is 32.2 Å². The van der Waals surface area contributed by atoms with Crippen LogP contribution in [-0.2, 0) is 11.3 Å². The highest BCUT2D eigenvalue weighted by atomic mass is 16.5. The van der Waals surface area contributed by atoms with Crippen LogP contribution in [0.25, 0.3) is 0 Å². The molecule has 1 spiro atoms. The number of hydrogen-bond acceptors (Lipinski definition) is 6. The number of piperidine rings is 1. The van der Waals surface area contributed by atoms with Crippen molar-refractivity contribution < 1.29 is 23.4 Å². The van der Waals surface area contributed by atoms with Crippen molar-refractivity contribution in [2.75, 3.05) is 33.9 Å². The predicted octanol–water partition coefficient (Wildman–Crippen LogP) is 3.24. The van der Waals surface area contributed by atoms with E-state index >= 15 is 0 Å². The van der Waals surface area contributed by atoms with Crippen LogP contribution in [0, 0.1) is 0 Å². The number of furan rings is 1. The summed E-state index contributed by atoms with van der Waals surface area (Å²) in [6.07, 6.45) is 5.64. The lowest BCUT2D eigenvalue weighted by atomic mass is 9.88. The average molecular weight is 415 g/mol. The highest BCUT2D eigenvalue weighted by Gasteiger charge is 2.42. The Hall–Kier alpha value is -2.51. The number of carbonyl (C=O) groups excluding carboxylic acids is 1. The van der Waals surface area contributed by atoms with E-state index in [1.807, 2.05) is 12.1 Å². The van der Waals surface area contributed by atoms with E-state index in [1.165, 1.54) is 11.8 Å². The molecule has 7 nitrogen and oxygen atoms in total. The molecular weight excluding hydrogens is 384 g/mol. The molecule has 4 rings (SSSR count). The highest BCUT2D eigenvalue weighted by molar-refractivity contribution is 5.91. The van der Waals surface area contributed by atoms with E-state index in [-0.39, 0.29) is 17.6 Å². The molecule has 1 amide bonds. The summed E-state index contributed by atoms with van der Waals surface area (Å²) < 4.78 is 22.3. The van der Waals surface area contributed by atoms with Crippen molar-refractivity contribution in [1.82, 2.24) is 10.2 Å². The maximum Gasteiger partial charge on any atom is 0.287 e. The number of methoxy groups -OCH3 is 2. The van der Waals surface area contributed by atoms with Crippen LogP contribution >= 0.6 is 0 Å². The molecule has 2 saturated heterocycles. The van der Waals surface area contributed by atoms with Crippen LogP contribution in [0.1, 0.15) is 41.8 Å². The summed E-state index contributed by atoms with van der Waals surface area (Å²) in [6, 6.07) is 9.48. The molecule has 1 unspecified atom stereocenters.